The number of benzene rings is 2. The topological polar surface area (TPSA) is 66.9 Å². The number of carbonyl (C=O) groups is 1. The Kier molecular flexibility index (Phi) is 5.07. The van der Waals surface area contributed by atoms with Gasteiger partial charge in [-0.2, -0.15) is 8.75 Å². The van der Waals surface area contributed by atoms with Gasteiger partial charge < -0.3 is 5.32 Å². The Morgan fingerprint density at radius 2 is 1.79 bits per heavy atom. The zero-order valence-corrected chi connectivity index (χ0v) is 16.7. The van der Waals surface area contributed by atoms with Gasteiger partial charge in [-0.05, 0) is 90.1 Å². The Bertz CT molecular complexity index is 931. The van der Waals surface area contributed by atoms with Crippen LogP contribution in [0.2, 0.25) is 0 Å². The summed E-state index contributed by atoms with van der Waals surface area (Å²) in [5, 5.41) is 6.00. The zero-order valence-electron chi connectivity index (χ0n) is 12.9. The summed E-state index contributed by atoms with van der Waals surface area (Å²) >= 11 is 8.67. The molecule has 5 nitrogen and oxygen atoms in total. The van der Waals surface area contributed by atoms with Gasteiger partial charge in [-0.25, -0.2) is 0 Å². The van der Waals surface area contributed by atoms with E-state index in [1.165, 1.54) is 3.57 Å². The fourth-order valence-electron chi connectivity index (χ4n) is 2.28. The summed E-state index contributed by atoms with van der Waals surface area (Å²) in [5.74, 6) is -0.277. The van der Waals surface area contributed by atoms with E-state index in [0.717, 1.165) is 34.1 Å². The molecule has 24 heavy (non-hydrogen) atoms. The fraction of sp³-hybridized carbons (Fsp3) is 0.125. The third-order valence-electron chi connectivity index (χ3n) is 3.44. The second-order valence-electron chi connectivity index (χ2n) is 5.30. The number of nitrogens with one attached hydrogen (secondary N) is 2. The summed E-state index contributed by atoms with van der Waals surface area (Å²) < 4.78 is 9.48. The lowest BCUT2D eigenvalue weighted by atomic mass is 10.1. The lowest BCUT2D eigenvalue weighted by Crippen LogP contribution is -2.34. The van der Waals surface area contributed by atoms with E-state index in [9.17, 15) is 4.79 Å². The smallest absolute Gasteiger partial charge is 0.257 e. The first-order chi connectivity index (χ1) is 11.4. The van der Waals surface area contributed by atoms with Crippen molar-refractivity contribution < 1.29 is 4.79 Å². The van der Waals surface area contributed by atoms with Crippen molar-refractivity contribution in [3.05, 3.63) is 50.6 Å². The number of carbonyl (C=O) groups excluding carboxylic acids is 1. The van der Waals surface area contributed by atoms with Crippen LogP contribution in [-0.4, -0.2) is 19.8 Å². The minimum Gasteiger partial charge on any atom is -0.332 e. The molecule has 1 amide bonds. The molecule has 3 aromatic rings. The SMILES string of the molecule is Cc1cc(NC(=S)NC(=O)c2ccc3nsnc3c2)cc(C)c1I. The summed E-state index contributed by atoms with van der Waals surface area (Å²) in [5.41, 5.74) is 5.16. The van der Waals surface area contributed by atoms with Gasteiger partial charge >= 0.3 is 0 Å². The second-order valence-corrected chi connectivity index (χ2v) is 7.32. The maximum absolute atomic E-state index is 12.3. The summed E-state index contributed by atoms with van der Waals surface area (Å²) in [7, 11) is 0. The summed E-state index contributed by atoms with van der Waals surface area (Å²) in [6.45, 7) is 4.08. The number of fused-ring (bicyclic) bond motifs is 1. The molecular weight excluding hydrogens is 455 g/mol. The molecule has 1 heterocycles. The summed E-state index contributed by atoms with van der Waals surface area (Å²) in [6.07, 6.45) is 0. The van der Waals surface area contributed by atoms with Crippen molar-refractivity contribution in [3.8, 4) is 0 Å². The largest absolute Gasteiger partial charge is 0.332 e. The third-order valence-corrected chi connectivity index (χ3v) is 5.90. The van der Waals surface area contributed by atoms with E-state index in [2.05, 4.69) is 42.0 Å². The van der Waals surface area contributed by atoms with Crippen LogP contribution in [0.3, 0.4) is 0 Å². The number of aromatic nitrogens is 2. The minimum absolute atomic E-state index is 0.261. The Labute approximate surface area is 162 Å². The van der Waals surface area contributed by atoms with E-state index in [0.29, 0.717) is 11.1 Å². The van der Waals surface area contributed by atoms with E-state index in [4.69, 9.17) is 12.2 Å². The highest BCUT2D eigenvalue weighted by Crippen LogP contribution is 2.21. The highest BCUT2D eigenvalue weighted by atomic mass is 127. The summed E-state index contributed by atoms with van der Waals surface area (Å²) in [6, 6.07) is 9.19. The first-order valence-corrected chi connectivity index (χ1v) is 9.27. The number of hydrogen-bond donors (Lipinski definition) is 2. The molecule has 1 aromatic heterocycles. The molecule has 0 unspecified atom stereocenters. The number of thiocarbonyl (C=S) groups is 1. The van der Waals surface area contributed by atoms with Crippen LogP contribution in [0.5, 0.6) is 0 Å². The Morgan fingerprint density at radius 1 is 1.12 bits per heavy atom. The number of amides is 1. The van der Waals surface area contributed by atoms with Gasteiger partial charge in [0.15, 0.2) is 5.11 Å². The van der Waals surface area contributed by atoms with Crippen molar-refractivity contribution in [1.82, 2.24) is 14.1 Å². The molecule has 0 radical (unpaired) electrons. The van der Waals surface area contributed by atoms with Crippen molar-refractivity contribution >= 4 is 74.3 Å². The Morgan fingerprint density at radius 3 is 2.50 bits per heavy atom. The standard InChI is InChI=1S/C16H13IN4OS2/c1-8-5-11(6-9(2)14(8)17)18-16(23)19-15(22)10-3-4-12-13(7-10)21-24-20-12/h3-7H,1-2H3,(H2,18,19,22,23). The van der Waals surface area contributed by atoms with Gasteiger partial charge in [0.2, 0.25) is 0 Å². The fourth-order valence-corrected chi connectivity index (χ4v) is 3.32. The molecule has 0 bridgehead atoms. The van der Waals surface area contributed by atoms with E-state index >= 15 is 0 Å². The van der Waals surface area contributed by atoms with Gasteiger partial charge in [0, 0.05) is 14.8 Å². The lowest BCUT2D eigenvalue weighted by molar-refractivity contribution is 0.0978. The average Bonchev–Trinajstić information content (AvgIpc) is 2.99. The molecule has 0 saturated carbocycles. The van der Waals surface area contributed by atoms with Crippen LogP contribution >= 0.6 is 46.5 Å². The van der Waals surface area contributed by atoms with Gasteiger partial charge in [0.25, 0.3) is 5.91 Å². The number of nitrogens with zero attached hydrogens (tertiary/aromatic N) is 2. The second kappa shape index (κ2) is 7.08. The highest BCUT2D eigenvalue weighted by Gasteiger charge is 2.11. The molecule has 0 atom stereocenters. The predicted octanol–water partition coefficient (Wildman–Crippen LogP) is 4.04. The number of anilines is 1. The first-order valence-electron chi connectivity index (χ1n) is 7.05. The normalized spacial score (nSPS) is 10.6. The quantitative estimate of drug-likeness (QED) is 0.439. The minimum atomic E-state index is -0.277. The maximum atomic E-state index is 12.3. The van der Waals surface area contributed by atoms with E-state index < -0.39 is 0 Å². The van der Waals surface area contributed by atoms with E-state index in [1.54, 1.807) is 18.2 Å². The first kappa shape index (κ1) is 17.2. The molecule has 0 aliphatic heterocycles. The molecule has 2 N–H and O–H groups in total. The number of rotatable bonds is 2. The lowest BCUT2D eigenvalue weighted by Gasteiger charge is -2.12. The van der Waals surface area contributed by atoms with Crippen molar-refractivity contribution in [2.45, 2.75) is 13.8 Å². The van der Waals surface area contributed by atoms with Crippen LogP contribution in [-0.2, 0) is 0 Å². The van der Waals surface area contributed by atoms with Crippen molar-refractivity contribution in [2.75, 3.05) is 5.32 Å². The van der Waals surface area contributed by atoms with Crippen LogP contribution in [0, 0.1) is 17.4 Å². The van der Waals surface area contributed by atoms with Crippen molar-refractivity contribution in [3.63, 3.8) is 0 Å². The van der Waals surface area contributed by atoms with Gasteiger partial charge in [0.05, 0.1) is 11.7 Å². The van der Waals surface area contributed by atoms with Gasteiger partial charge in [-0.1, -0.05) is 0 Å². The third kappa shape index (κ3) is 3.70. The predicted molar refractivity (Wildman–Crippen MR) is 110 cm³/mol. The number of hydrogen-bond acceptors (Lipinski definition) is 5. The van der Waals surface area contributed by atoms with Crippen LogP contribution in [0.4, 0.5) is 5.69 Å². The van der Waals surface area contributed by atoms with Gasteiger partial charge in [-0.3, -0.25) is 10.1 Å². The molecule has 2 aromatic carbocycles. The molecule has 122 valence electrons. The number of aryl methyl sites for hydroxylation is 2. The molecule has 0 spiro atoms. The molecule has 0 aliphatic carbocycles. The molecule has 0 fully saturated rings. The Hall–Kier alpha value is -1.65. The average molecular weight is 468 g/mol. The van der Waals surface area contributed by atoms with Gasteiger partial charge in [0.1, 0.15) is 11.0 Å². The van der Waals surface area contributed by atoms with Crippen molar-refractivity contribution in [2.24, 2.45) is 0 Å². The molecule has 0 aliphatic rings. The van der Waals surface area contributed by atoms with Gasteiger partial charge in [-0.15, -0.1) is 0 Å². The highest BCUT2D eigenvalue weighted by molar-refractivity contribution is 14.1. The molecule has 0 saturated heterocycles. The number of halogens is 1. The molecule has 8 heteroatoms. The van der Waals surface area contributed by atoms with Crippen molar-refractivity contribution in [1.29, 1.82) is 0 Å². The monoisotopic (exact) mass is 468 g/mol. The van der Waals surface area contributed by atoms with E-state index in [-0.39, 0.29) is 11.0 Å². The van der Waals surface area contributed by atoms with Crippen LogP contribution in [0.25, 0.3) is 11.0 Å². The molecular formula is C16H13IN4OS2. The Balaban J connectivity index is 1.71. The van der Waals surface area contributed by atoms with Crippen LogP contribution in [0.1, 0.15) is 21.5 Å². The zero-order chi connectivity index (χ0) is 17.3. The maximum Gasteiger partial charge on any atom is 0.257 e. The van der Waals surface area contributed by atoms with E-state index in [1.807, 2.05) is 26.0 Å². The van der Waals surface area contributed by atoms with Crippen LogP contribution in [0.15, 0.2) is 30.3 Å². The molecule has 3 rings (SSSR count). The van der Waals surface area contributed by atoms with Crippen LogP contribution < -0.4 is 10.6 Å². The summed E-state index contributed by atoms with van der Waals surface area (Å²) in [4.78, 5) is 12.3.